The van der Waals surface area contributed by atoms with Crippen LogP contribution in [0.4, 0.5) is 23.1 Å². The zero-order chi connectivity index (χ0) is 29.9. The molecule has 2 aromatic carbocycles. The fourth-order valence-corrected chi connectivity index (χ4v) is 4.98. The first-order valence-corrected chi connectivity index (χ1v) is 14.4. The van der Waals surface area contributed by atoms with Gasteiger partial charge in [-0.1, -0.05) is 42.4 Å². The predicted octanol–water partition coefficient (Wildman–Crippen LogP) is 5.16. The Morgan fingerprint density at radius 2 is 1.79 bits per heavy atom. The molecule has 0 aliphatic carbocycles. The lowest BCUT2D eigenvalue weighted by Crippen LogP contribution is -2.37. The smallest absolute Gasteiger partial charge is 0.253 e. The van der Waals surface area contributed by atoms with E-state index in [4.69, 9.17) is 11.6 Å². The van der Waals surface area contributed by atoms with Crippen molar-refractivity contribution >= 4 is 52.5 Å². The van der Waals surface area contributed by atoms with E-state index >= 15 is 0 Å². The van der Waals surface area contributed by atoms with Crippen molar-refractivity contribution in [3.8, 4) is 0 Å². The van der Waals surface area contributed by atoms with Gasteiger partial charge in [-0.25, -0.2) is 4.98 Å². The molecule has 1 aliphatic heterocycles. The van der Waals surface area contributed by atoms with Crippen LogP contribution in [0.2, 0.25) is 5.02 Å². The number of aromatic nitrogens is 2. The van der Waals surface area contributed by atoms with E-state index in [-0.39, 0.29) is 17.7 Å². The van der Waals surface area contributed by atoms with Gasteiger partial charge in [0.25, 0.3) is 5.91 Å². The van der Waals surface area contributed by atoms with Gasteiger partial charge in [-0.3, -0.25) is 14.4 Å². The second-order valence-corrected chi connectivity index (χ2v) is 10.4. The predicted molar refractivity (Wildman–Crippen MR) is 165 cm³/mol. The summed E-state index contributed by atoms with van der Waals surface area (Å²) in [5, 5.41) is 12.0. The van der Waals surface area contributed by atoms with Crippen molar-refractivity contribution in [3.63, 3.8) is 0 Å². The van der Waals surface area contributed by atoms with Gasteiger partial charge in [-0.05, 0) is 67.5 Å². The summed E-state index contributed by atoms with van der Waals surface area (Å²) in [6.07, 6.45) is 6.61. The average molecular weight is 590 g/mol. The molecule has 11 heteroatoms. The average Bonchev–Trinajstić information content (AvgIpc) is 3.02. The maximum absolute atomic E-state index is 12.6. The highest BCUT2D eigenvalue weighted by Crippen LogP contribution is 2.30. The van der Waals surface area contributed by atoms with E-state index in [1.54, 1.807) is 25.2 Å². The minimum absolute atomic E-state index is 0.178. The molecule has 0 saturated carbocycles. The fourth-order valence-electron chi connectivity index (χ4n) is 4.84. The minimum Gasteiger partial charge on any atom is -0.355 e. The van der Waals surface area contributed by atoms with Crippen LogP contribution in [0.25, 0.3) is 0 Å². The molecule has 1 fully saturated rings. The van der Waals surface area contributed by atoms with Gasteiger partial charge < -0.3 is 26.2 Å². The summed E-state index contributed by atoms with van der Waals surface area (Å²) in [7, 11) is 1.58. The van der Waals surface area contributed by atoms with Gasteiger partial charge in [0.15, 0.2) is 5.82 Å². The van der Waals surface area contributed by atoms with Crippen molar-refractivity contribution in [3.05, 3.63) is 83.5 Å². The summed E-state index contributed by atoms with van der Waals surface area (Å²) in [6, 6.07) is 15.3. The number of benzene rings is 2. The Kier molecular flexibility index (Phi) is 10.9. The van der Waals surface area contributed by atoms with Crippen molar-refractivity contribution in [2.24, 2.45) is 0 Å². The molecule has 1 aromatic heterocycles. The van der Waals surface area contributed by atoms with Crippen molar-refractivity contribution in [1.82, 2.24) is 25.5 Å². The van der Waals surface area contributed by atoms with E-state index in [0.29, 0.717) is 46.9 Å². The summed E-state index contributed by atoms with van der Waals surface area (Å²) in [6.45, 7) is 5.47. The molecule has 0 bridgehead atoms. The third kappa shape index (κ3) is 8.29. The van der Waals surface area contributed by atoms with Crippen LogP contribution in [0, 0.1) is 0 Å². The number of unbranched alkanes of at least 4 members (excludes halogenated alkanes) is 1. The maximum Gasteiger partial charge on any atom is 0.253 e. The van der Waals surface area contributed by atoms with Crippen molar-refractivity contribution < 1.29 is 14.4 Å². The number of likely N-dealkylation sites (tertiary alicyclic amines) is 1. The molecule has 0 radical (unpaired) electrons. The Hall–Kier alpha value is -4.44. The zero-order valence-electron chi connectivity index (χ0n) is 23.7. The highest BCUT2D eigenvalue weighted by atomic mass is 35.5. The quantitative estimate of drug-likeness (QED) is 0.170. The molecule has 220 valence electrons. The number of nitrogens with zero attached hydrogens (tertiary/aromatic N) is 3. The second kappa shape index (κ2) is 15.0. The molecule has 1 aliphatic rings. The number of hydrogen-bond acceptors (Lipinski definition) is 7. The van der Waals surface area contributed by atoms with Gasteiger partial charge in [0, 0.05) is 38.8 Å². The Balaban J connectivity index is 1.28. The zero-order valence-corrected chi connectivity index (χ0v) is 24.4. The molecule has 10 nitrogen and oxygen atoms in total. The number of anilines is 4. The van der Waals surface area contributed by atoms with Gasteiger partial charge >= 0.3 is 0 Å². The number of piperidine rings is 1. The first kappa shape index (κ1) is 30.5. The summed E-state index contributed by atoms with van der Waals surface area (Å²) >= 11 is 6.35. The monoisotopic (exact) mass is 589 g/mol. The molecule has 0 atom stereocenters. The Bertz CT molecular complexity index is 1410. The van der Waals surface area contributed by atoms with Crippen LogP contribution in [0.1, 0.15) is 53.9 Å². The van der Waals surface area contributed by atoms with Crippen LogP contribution in [-0.4, -0.2) is 59.3 Å². The van der Waals surface area contributed by atoms with Gasteiger partial charge in [-0.2, -0.15) is 4.98 Å². The first-order chi connectivity index (χ1) is 20.4. The lowest BCUT2D eigenvalue weighted by Gasteiger charge is -2.32. The molecular weight excluding hydrogens is 554 g/mol. The molecule has 2 heterocycles. The molecule has 4 rings (SSSR count). The first-order valence-electron chi connectivity index (χ1n) is 14.0. The third-order valence-corrected chi connectivity index (χ3v) is 7.46. The lowest BCUT2D eigenvalue weighted by atomic mass is 9.89. The van der Waals surface area contributed by atoms with E-state index in [1.807, 2.05) is 23.1 Å². The summed E-state index contributed by atoms with van der Waals surface area (Å²) in [4.78, 5) is 46.8. The SMILES string of the molecule is C=CC(=O)NCCCCC(=O)N1CCC(c2ccc(Nc3ncc(Cl)c(Nc4ccccc4C(=O)NC)n3)cc2)CC1. The van der Waals surface area contributed by atoms with Gasteiger partial charge in [0.1, 0.15) is 5.02 Å². The number of rotatable bonds is 12. The fraction of sp³-hybridized carbons (Fsp3) is 0.323. The highest BCUT2D eigenvalue weighted by Gasteiger charge is 2.23. The number of carbonyl (C=O) groups excluding carboxylic acids is 3. The van der Waals surface area contributed by atoms with E-state index in [9.17, 15) is 14.4 Å². The van der Waals surface area contributed by atoms with Crippen LogP contribution >= 0.6 is 11.6 Å². The van der Waals surface area contributed by atoms with Crippen molar-refractivity contribution in [2.45, 2.75) is 38.0 Å². The van der Waals surface area contributed by atoms with Crippen LogP contribution in [0.5, 0.6) is 0 Å². The molecule has 4 N–H and O–H groups in total. The highest BCUT2D eigenvalue weighted by molar-refractivity contribution is 6.33. The third-order valence-electron chi connectivity index (χ3n) is 7.18. The molecule has 3 aromatic rings. The number of hydrogen-bond donors (Lipinski definition) is 4. The number of nitrogens with one attached hydrogen (secondary N) is 4. The number of halogens is 1. The molecule has 1 saturated heterocycles. The molecule has 42 heavy (non-hydrogen) atoms. The topological polar surface area (TPSA) is 128 Å². The Morgan fingerprint density at radius 1 is 1.05 bits per heavy atom. The standard InChI is InChI=1S/C31H36ClN7O3/c1-3-27(40)34-17-7-6-10-28(41)39-18-15-22(16-19-39)21-11-13-23(14-12-21)36-31-35-20-25(32)29(38-31)37-26-9-5-4-8-24(26)30(42)33-2/h3-5,8-9,11-14,20,22H,1,6-7,10,15-19H2,2H3,(H,33,42)(H,34,40)(H2,35,36,37,38). The lowest BCUT2D eigenvalue weighted by molar-refractivity contribution is -0.132. The number of para-hydroxylation sites is 1. The summed E-state index contributed by atoms with van der Waals surface area (Å²) in [5.74, 6) is 0.901. The van der Waals surface area contributed by atoms with Crippen LogP contribution in [0.3, 0.4) is 0 Å². The van der Waals surface area contributed by atoms with E-state index in [1.165, 1.54) is 17.8 Å². The minimum atomic E-state index is -0.220. The van der Waals surface area contributed by atoms with E-state index in [0.717, 1.165) is 44.5 Å². The summed E-state index contributed by atoms with van der Waals surface area (Å²) in [5.41, 5.74) is 3.11. The van der Waals surface area contributed by atoms with E-state index < -0.39 is 0 Å². The molecule has 0 spiro atoms. The number of carbonyl (C=O) groups is 3. The van der Waals surface area contributed by atoms with Gasteiger partial charge in [0.2, 0.25) is 17.8 Å². The normalized spacial score (nSPS) is 13.2. The van der Waals surface area contributed by atoms with Gasteiger partial charge in [0.05, 0.1) is 17.4 Å². The van der Waals surface area contributed by atoms with Crippen LogP contribution in [-0.2, 0) is 9.59 Å². The van der Waals surface area contributed by atoms with Crippen LogP contribution in [0.15, 0.2) is 67.4 Å². The van der Waals surface area contributed by atoms with E-state index in [2.05, 4.69) is 49.9 Å². The maximum atomic E-state index is 12.6. The second-order valence-electron chi connectivity index (χ2n) is 9.99. The molecule has 3 amide bonds. The Labute approximate surface area is 251 Å². The van der Waals surface area contributed by atoms with Gasteiger partial charge in [-0.15, -0.1) is 0 Å². The van der Waals surface area contributed by atoms with Crippen molar-refractivity contribution in [1.29, 1.82) is 0 Å². The van der Waals surface area contributed by atoms with Crippen LogP contribution < -0.4 is 21.3 Å². The molecule has 0 unspecified atom stereocenters. The van der Waals surface area contributed by atoms with Crippen molar-refractivity contribution in [2.75, 3.05) is 37.3 Å². The largest absolute Gasteiger partial charge is 0.355 e. The summed E-state index contributed by atoms with van der Waals surface area (Å²) < 4.78 is 0. The number of amides is 3. The molecular formula is C31H36ClN7O3. The Morgan fingerprint density at radius 3 is 2.50 bits per heavy atom.